The first-order chi connectivity index (χ1) is 14.2. The van der Waals surface area contributed by atoms with Gasteiger partial charge in [-0.2, -0.15) is 0 Å². The quantitative estimate of drug-likeness (QED) is 0.624. The zero-order chi connectivity index (χ0) is 21.7. The van der Waals surface area contributed by atoms with Gasteiger partial charge in [-0.05, 0) is 81.0 Å². The molecule has 1 amide bonds. The summed E-state index contributed by atoms with van der Waals surface area (Å²) in [6.45, 7) is 7.69. The van der Waals surface area contributed by atoms with E-state index < -0.39 is 0 Å². The molecule has 1 aliphatic heterocycles. The minimum absolute atomic E-state index is 0.189. The van der Waals surface area contributed by atoms with Crippen molar-refractivity contribution in [1.29, 1.82) is 0 Å². The fraction of sp³-hybridized carbons (Fsp3) is 0.458. The van der Waals surface area contributed by atoms with Crippen molar-refractivity contribution in [3.63, 3.8) is 0 Å². The van der Waals surface area contributed by atoms with Crippen LogP contribution < -0.4 is 5.32 Å². The number of carbonyl (C=O) groups is 1. The van der Waals surface area contributed by atoms with Gasteiger partial charge in [-0.1, -0.05) is 29.8 Å². The first-order valence-electron chi connectivity index (χ1n) is 10.4. The number of carbonyl (C=O) groups excluding carboxylic acids is 1. The van der Waals surface area contributed by atoms with E-state index in [1.165, 1.54) is 11.6 Å². The number of hydrogen-bond donors (Lipinski definition) is 1. The van der Waals surface area contributed by atoms with Gasteiger partial charge >= 0.3 is 6.09 Å². The van der Waals surface area contributed by atoms with Crippen molar-refractivity contribution in [2.45, 2.75) is 58.2 Å². The first-order valence-corrected chi connectivity index (χ1v) is 10.8. The van der Waals surface area contributed by atoms with Crippen molar-refractivity contribution in [2.24, 2.45) is 0 Å². The van der Waals surface area contributed by atoms with Crippen LogP contribution in [0.4, 0.5) is 9.18 Å². The lowest BCUT2D eigenvalue weighted by Gasteiger charge is -2.37. The smallest absolute Gasteiger partial charge is 0.407 e. The van der Waals surface area contributed by atoms with Crippen LogP contribution in [-0.4, -0.2) is 35.7 Å². The van der Waals surface area contributed by atoms with E-state index >= 15 is 0 Å². The Hall–Kier alpha value is -2.11. The van der Waals surface area contributed by atoms with Gasteiger partial charge in [-0.25, -0.2) is 9.18 Å². The topological polar surface area (TPSA) is 41.6 Å². The fourth-order valence-corrected chi connectivity index (χ4v) is 3.93. The maximum atomic E-state index is 13.7. The molecule has 0 saturated carbocycles. The third kappa shape index (κ3) is 6.71. The molecule has 1 unspecified atom stereocenters. The molecule has 2 aromatic rings. The number of nitrogens with zero attached hydrogens (tertiary/aromatic N) is 1. The number of amides is 1. The first kappa shape index (κ1) is 22.6. The second-order valence-corrected chi connectivity index (χ2v) is 9.37. The summed E-state index contributed by atoms with van der Waals surface area (Å²) in [7, 11) is 0. The summed E-state index contributed by atoms with van der Waals surface area (Å²) in [5, 5.41) is 3.52. The van der Waals surface area contributed by atoms with Crippen LogP contribution in [0.2, 0.25) is 5.02 Å². The third-order valence-electron chi connectivity index (χ3n) is 5.20. The molecule has 0 aliphatic carbocycles. The Kier molecular flexibility index (Phi) is 7.37. The highest BCUT2D eigenvalue weighted by Gasteiger charge is 2.26. The van der Waals surface area contributed by atoms with Crippen LogP contribution >= 0.6 is 11.6 Å². The summed E-state index contributed by atoms with van der Waals surface area (Å²) >= 11 is 6.02. The van der Waals surface area contributed by atoms with Gasteiger partial charge in [0.2, 0.25) is 0 Å². The summed E-state index contributed by atoms with van der Waals surface area (Å²) in [5.74, 6) is -0.189. The number of rotatable bonds is 6. The number of halogens is 2. The van der Waals surface area contributed by atoms with Gasteiger partial charge < -0.3 is 10.1 Å². The van der Waals surface area contributed by atoms with E-state index in [4.69, 9.17) is 16.3 Å². The number of fused-ring (bicyclic) bond motifs is 1. The highest BCUT2D eigenvalue weighted by molar-refractivity contribution is 6.30. The van der Waals surface area contributed by atoms with Crippen molar-refractivity contribution >= 4 is 17.7 Å². The molecule has 1 heterocycles. The predicted octanol–water partition coefficient (Wildman–Crippen LogP) is 5.36. The normalized spacial score (nSPS) is 16.8. The lowest BCUT2D eigenvalue weighted by atomic mass is 9.90. The minimum Gasteiger partial charge on any atom is -0.450 e. The molecule has 6 heteroatoms. The van der Waals surface area contributed by atoms with Crippen LogP contribution in [0.1, 0.15) is 43.9 Å². The Bertz CT molecular complexity index is 864. The maximum Gasteiger partial charge on any atom is 0.407 e. The third-order valence-corrected chi connectivity index (χ3v) is 5.45. The monoisotopic (exact) mass is 432 g/mol. The largest absolute Gasteiger partial charge is 0.450 e. The molecule has 0 aromatic heterocycles. The second kappa shape index (κ2) is 9.80. The van der Waals surface area contributed by atoms with Crippen LogP contribution in [0.25, 0.3) is 0 Å². The van der Waals surface area contributed by atoms with Gasteiger partial charge in [-0.15, -0.1) is 0 Å². The molecule has 0 saturated heterocycles. The number of ether oxygens (including phenoxy) is 1. The fourth-order valence-electron chi connectivity index (χ4n) is 3.80. The Morgan fingerprint density at radius 1 is 1.20 bits per heavy atom. The lowest BCUT2D eigenvalue weighted by Crippen LogP contribution is -2.43. The van der Waals surface area contributed by atoms with Crippen LogP contribution in [0.15, 0.2) is 42.5 Å². The van der Waals surface area contributed by atoms with E-state index in [1.807, 2.05) is 51.1 Å². The SMILES string of the molecule is CC(C)(C)NC(=O)OCCCN1Cc2ccc(F)cc2CC1Cc1ccc(Cl)cc1. The Morgan fingerprint density at radius 2 is 1.93 bits per heavy atom. The summed E-state index contributed by atoms with van der Waals surface area (Å²) in [6, 6.07) is 13.2. The van der Waals surface area contributed by atoms with Crippen LogP contribution in [0.5, 0.6) is 0 Å². The highest BCUT2D eigenvalue weighted by Crippen LogP contribution is 2.27. The molecule has 0 bridgehead atoms. The van der Waals surface area contributed by atoms with Gasteiger partial charge in [0.25, 0.3) is 0 Å². The summed E-state index contributed by atoms with van der Waals surface area (Å²) < 4.78 is 19.1. The molecule has 1 N–H and O–H groups in total. The number of hydrogen-bond acceptors (Lipinski definition) is 3. The van der Waals surface area contributed by atoms with Crippen molar-refractivity contribution in [3.8, 4) is 0 Å². The molecule has 0 radical (unpaired) electrons. The van der Waals surface area contributed by atoms with Gasteiger partial charge in [0.1, 0.15) is 5.82 Å². The standard InChI is InChI=1S/C24H30ClFN2O2/c1-24(2,3)27-23(29)30-12-4-11-28-16-18-7-10-21(26)14-19(18)15-22(28)13-17-5-8-20(25)9-6-17/h5-10,14,22H,4,11-13,15-16H2,1-3H3,(H,27,29). The average molecular weight is 433 g/mol. The Labute approximate surface area is 183 Å². The van der Waals surface area contributed by atoms with E-state index in [9.17, 15) is 9.18 Å². The molecule has 0 fully saturated rings. The van der Waals surface area contributed by atoms with E-state index in [0.717, 1.165) is 48.5 Å². The van der Waals surface area contributed by atoms with Gasteiger partial charge in [0, 0.05) is 29.7 Å². The van der Waals surface area contributed by atoms with Crippen LogP contribution in [0, 0.1) is 5.82 Å². The molecule has 162 valence electrons. The highest BCUT2D eigenvalue weighted by atomic mass is 35.5. The molecule has 2 aromatic carbocycles. The Morgan fingerprint density at radius 3 is 2.63 bits per heavy atom. The summed E-state index contributed by atoms with van der Waals surface area (Å²) in [5.41, 5.74) is 3.13. The minimum atomic E-state index is -0.389. The van der Waals surface area contributed by atoms with Crippen LogP contribution in [0.3, 0.4) is 0 Å². The molecule has 30 heavy (non-hydrogen) atoms. The van der Waals surface area contributed by atoms with Crippen LogP contribution in [-0.2, 0) is 24.1 Å². The van der Waals surface area contributed by atoms with Gasteiger partial charge in [0.05, 0.1) is 6.61 Å². The van der Waals surface area contributed by atoms with E-state index in [1.54, 1.807) is 6.07 Å². The number of nitrogens with one attached hydrogen (secondary N) is 1. The van der Waals surface area contributed by atoms with Crippen molar-refractivity contribution in [1.82, 2.24) is 10.2 Å². The van der Waals surface area contributed by atoms with E-state index in [-0.39, 0.29) is 23.5 Å². The van der Waals surface area contributed by atoms with Gasteiger partial charge in [0.15, 0.2) is 0 Å². The molecule has 1 aliphatic rings. The predicted molar refractivity (Wildman–Crippen MR) is 118 cm³/mol. The van der Waals surface area contributed by atoms with E-state index in [2.05, 4.69) is 10.2 Å². The molecule has 0 spiro atoms. The average Bonchev–Trinajstić information content (AvgIpc) is 2.66. The Balaban J connectivity index is 1.62. The maximum absolute atomic E-state index is 13.7. The van der Waals surface area contributed by atoms with Crippen molar-refractivity contribution < 1.29 is 13.9 Å². The van der Waals surface area contributed by atoms with E-state index in [0.29, 0.717) is 6.61 Å². The zero-order valence-corrected chi connectivity index (χ0v) is 18.6. The second-order valence-electron chi connectivity index (χ2n) is 8.94. The number of benzene rings is 2. The summed E-state index contributed by atoms with van der Waals surface area (Å²) in [4.78, 5) is 14.2. The zero-order valence-electron chi connectivity index (χ0n) is 17.9. The molecule has 3 rings (SSSR count). The molecule has 1 atom stereocenters. The molecular formula is C24H30ClFN2O2. The van der Waals surface area contributed by atoms with Crippen molar-refractivity contribution in [3.05, 3.63) is 70.0 Å². The van der Waals surface area contributed by atoms with Gasteiger partial charge in [-0.3, -0.25) is 4.90 Å². The van der Waals surface area contributed by atoms with Crippen molar-refractivity contribution in [2.75, 3.05) is 13.2 Å². The number of alkyl carbamates (subject to hydrolysis) is 1. The molecular weight excluding hydrogens is 403 g/mol. The molecule has 4 nitrogen and oxygen atoms in total. The lowest BCUT2D eigenvalue weighted by molar-refractivity contribution is 0.118. The summed E-state index contributed by atoms with van der Waals surface area (Å²) in [6.07, 6.45) is 2.00.